The molecule has 4 nitrogen and oxygen atoms in total. The molecule has 0 radical (unpaired) electrons. The van der Waals surface area contributed by atoms with Gasteiger partial charge in [-0.15, -0.1) is 0 Å². The maximum absolute atomic E-state index is 10.9. The van der Waals surface area contributed by atoms with E-state index in [1.807, 2.05) is 25.1 Å². The van der Waals surface area contributed by atoms with Crippen molar-refractivity contribution in [3.63, 3.8) is 0 Å². The zero-order chi connectivity index (χ0) is 13.3. The lowest BCUT2D eigenvalue weighted by Gasteiger charge is -2.10. The van der Waals surface area contributed by atoms with Crippen LogP contribution < -0.4 is 0 Å². The van der Waals surface area contributed by atoms with Crippen LogP contribution in [-0.4, -0.2) is 20.9 Å². The van der Waals surface area contributed by atoms with Gasteiger partial charge in [-0.05, 0) is 43.2 Å². The van der Waals surface area contributed by atoms with Crippen molar-refractivity contribution in [3.05, 3.63) is 45.7 Å². The summed E-state index contributed by atoms with van der Waals surface area (Å²) in [4.78, 5) is 10.9. The lowest BCUT2D eigenvalue weighted by molar-refractivity contribution is 0.0690. The van der Waals surface area contributed by atoms with Gasteiger partial charge in [-0.3, -0.25) is 0 Å². The van der Waals surface area contributed by atoms with E-state index in [0.29, 0.717) is 0 Å². The number of carboxylic acids is 1. The molecule has 1 N–H and O–H groups in total. The van der Waals surface area contributed by atoms with E-state index >= 15 is 0 Å². The molecule has 18 heavy (non-hydrogen) atoms. The SMILES string of the molecule is CCc1cc(Br)ccc1-n1nc(C(=O)O)cc1C. The number of hydrogen-bond acceptors (Lipinski definition) is 2. The fraction of sp³-hybridized carbons (Fsp3) is 0.231. The molecule has 94 valence electrons. The zero-order valence-electron chi connectivity index (χ0n) is 10.1. The van der Waals surface area contributed by atoms with Crippen molar-refractivity contribution >= 4 is 21.9 Å². The normalized spacial score (nSPS) is 10.6. The van der Waals surface area contributed by atoms with Gasteiger partial charge in [-0.25, -0.2) is 9.48 Å². The highest BCUT2D eigenvalue weighted by Gasteiger charge is 2.13. The monoisotopic (exact) mass is 308 g/mol. The van der Waals surface area contributed by atoms with Gasteiger partial charge < -0.3 is 5.11 Å². The topological polar surface area (TPSA) is 55.1 Å². The molecule has 0 aliphatic carbocycles. The van der Waals surface area contributed by atoms with E-state index in [0.717, 1.165) is 27.8 Å². The lowest BCUT2D eigenvalue weighted by atomic mass is 10.1. The molecule has 2 rings (SSSR count). The Morgan fingerprint density at radius 3 is 2.72 bits per heavy atom. The summed E-state index contributed by atoms with van der Waals surface area (Å²) in [7, 11) is 0. The Labute approximate surface area is 113 Å². The van der Waals surface area contributed by atoms with Crippen molar-refractivity contribution in [2.45, 2.75) is 20.3 Å². The van der Waals surface area contributed by atoms with Crippen molar-refractivity contribution < 1.29 is 9.90 Å². The fourth-order valence-corrected chi connectivity index (χ4v) is 2.28. The van der Waals surface area contributed by atoms with Gasteiger partial charge in [0.2, 0.25) is 0 Å². The third-order valence-corrected chi connectivity index (χ3v) is 3.25. The minimum atomic E-state index is -1.01. The average Bonchev–Trinajstić information content (AvgIpc) is 2.71. The summed E-state index contributed by atoms with van der Waals surface area (Å²) in [6, 6.07) is 7.46. The summed E-state index contributed by atoms with van der Waals surface area (Å²) in [5.41, 5.74) is 2.92. The maximum Gasteiger partial charge on any atom is 0.356 e. The van der Waals surface area contributed by atoms with Gasteiger partial charge in [0, 0.05) is 10.2 Å². The second-order valence-electron chi connectivity index (χ2n) is 4.01. The molecule has 0 saturated carbocycles. The summed E-state index contributed by atoms with van der Waals surface area (Å²) in [6.45, 7) is 3.91. The molecule has 0 spiro atoms. The number of nitrogens with zero attached hydrogens (tertiary/aromatic N) is 2. The molecule has 1 heterocycles. The summed E-state index contributed by atoms with van der Waals surface area (Å²) in [5.74, 6) is -1.01. The van der Waals surface area contributed by atoms with Gasteiger partial charge in [0.05, 0.1) is 5.69 Å². The molecule has 0 saturated heterocycles. The van der Waals surface area contributed by atoms with Crippen LogP contribution in [0.1, 0.15) is 28.7 Å². The number of carbonyl (C=O) groups is 1. The molecule has 0 aliphatic heterocycles. The van der Waals surface area contributed by atoms with Gasteiger partial charge in [0.25, 0.3) is 0 Å². The number of halogens is 1. The molecule has 2 aromatic rings. The van der Waals surface area contributed by atoms with E-state index in [1.165, 1.54) is 0 Å². The molecule has 1 aromatic carbocycles. The predicted octanol–water partition coefficient (Wildman–Crippen LogP) is 3.20. The van der Waals surface area contributed by atoms with Crippen LogP contribution in [0, 0.1) is 6.92 Å². The number of rotatable bonds is 3. The molecule has 0 aliphatic rings. The highest BCUT2D eigenvalue weighted by Crippen LogP contribution is 2.22. The summed E-state index contributed by atoms with van der Waals surface area (Å²) >= 11 is 3.43. The fourth-order valence-electron chi connectivity index (χ4n) is 1.87. The predicted molar refractivity (Wildman–Crippen MR) is 72.3 cm³/mol. The van der Waals surface area contributed by atoms with Crippen molar-refractivity contribution in [1.82, 2.24) is 9.78 Å². The first-order valence-corrected chi connectivity index (χ1v) is 6.41. The number of aromatic nitrogens is 2. The van der Waals surface area contributed by atoms with Crippen LogP contribution >= 0.6 is 15.9 Å². The zero-order valence-corrected chi connectivity index (χ0v) is 11.7. The smallest absolute Gasteiger partial charge is 0.356 e. The van der Waals surface area contributed by atoms with Gasteiger partial charge in [0.15, 0.2) is 5.69 Å². The maximum atomic E-state index is 10.9. The summed E-state index contributed by atoms with van der Waals surface area (Å²) < 4.78 is 2.68. The molecule has 0 unspecified atom stereocenters. The molecule has 0 amide bonds. The highest BCUT2D eigenvalue weighted by molar-refractivity contribution is 9.10. The molecular formula is C13H13BrN2O2. The minimum Gasteiger partial charge on any atom is -0.476 e. The number of aromatic carboxylic acids is 1. The number of hydrogen-bond donors (Lipinski definition) is 1. The third kappa shape index (κ3) is 2.31. The third-order valence-electron chi connectivity index (χ3n) is 2.76. The number of benzene rings is 1. The van der Waals surface area contributed by atoms with Crippen molar-refractivity contribution in [3.8, 4) is 5.69 Å². The first-order chi connectivity index (χ1) is 8.52. The molecule has 5 heteroatoms. The Hall–Kier alpha value is -1.62. The van der Waals surface area contributed by atoms with Crippen molar-refractivity contribution in [2.75, 3.05) is 0 Å². The average molecular weight is 309 g/mol. The van der Waals surface area contributed by atoms with Crippen molar-refractivity contribution in [1.29, 1.82) is 0 Å². The molecular weight excluding hydrogens is 296 g/mol. The highest BCUT2D eigenvalue weighted by atomic mass is 79.9. The lowest BCUT2D eigenvalue weighted by Crippen LogP contribution is -2.05. The first-order valence-electron chi connectivity index (χ1n) is 5.61. The van der Waals surface area contributed by atoms with Gasteiger partial charge >= 0.3 is 5.97 Å². The van der Waals surface area contributed by atoms with Crippen LogP contribution in [0.15, 0.2) is 28.7 Å². The van der Waals surface area contributed by atoms with Crippen molar-refractivity contribution in [2.24, 2.45) is 0 Å². The molecule has 0 fully saturated rings. The largest absolute Gasteiger partial charge is 0.476 e. The Bertz CT molecular complexity index is 605. The number of aryl methyl sites for hydroxylation is 2. The van der Waals surface area contributed by atoms with Gasteiger partial charge in [-0.2, -0.15) is 5.10 Å². The number of carboxylic acid groups (broad SMARTS) is 1. The minimum absolute atomic E-state index is 0.0671. The molecule has 1 aromatic heterocycles. The molecule has 0 atom stereocenters. The van der Waals surface area contributed by atoms with E-state index in [9.17, 15) is 4.79 Å². The Kier molecular flexibility index (Phi) is 3.52. The first kappa shape index (κ1) is 12.8. The second-order valence-corrected chi connectivity index (χ2v) is 4.93. The summed E-state index contributed by atoms with van der Waals surface area (Å²) in [6.07, 6.45) is 0.858. The summed E-state index contributed by atoms with van der Waals surface area (Å²) in [5, 5.41) is 13.1. The Morgan fingerprint density at radius 1 is 1.44 bits per heavy atom. The van der Waals surface area contributed by atoms with Gasteiger partial charge in [0.1, 0.15) is 0 Å². The van der Waals surface area contributed by atoms with E-state index in [1.54, 1.807) is 10.7 Å². The van der Waals surface area contributed by atoms with E-state index in [4.69, 9.17) is 5.11 Å². The second kappa shape index (κ2) is 4.94. The van der Waals surface area contributed by atoms with Crippen LogP contribution in [0.4, 0.5) is 0 Å². The Morgan fingerprint density at radius 2 is 2.17 bits per heavy atom. The molecule has 0 bridgehead atoms. The van der Waals surface area contributed by atoms with E-state index < -0.39 is 5.97 Å². The van der Waals surface area contributed by atoms with Gasteiger partial charge in [-0.1, -0.05) is 22.9 Å². The quantitative estimate of drug-likeness (QED) is 0.947. The van der Waals surface area contributed by atoms with Crippen LogP contribution in [0.2, 0.25) is 0 Å². The Balaban J connectivity index is 2.58. The van der Waals surface area contributed by atoms with Crippen LogP contribution in [0.25, 0.3) is 5.69 Å². The van der Waals surface area contributed by atoms with E-state index in [-0.39, 0.29) is 5.69 Å². The van der Waals surface area contributed by atoms with Crippen LogP contribution in [0.3, 0.4) is 0 Å². The van der Waals surface area contributed by atoms with Crippen LogP contribution in [0.5, 0.6) is 0 Å². The van der Waals surface area contributed by atoms with Crippen LogP contribution in [-0.2, 0) is 6.42 Å². The standard InChI is InChI=1S/C13H13BrN2O2/c1-3-9-7-10(14)4-5-12(9)16-8(2)6-11(15-16)13(17)18/h4-7H,3H2,1-2H3,(H,17,18). The van der Waals surface area contributed by atoms with E-state index in [2.05, 4.69) is 28.0 Å².